The molecule has 2 nitrogen and oxygen atoms in total. The number of halogens is 1. The number of aromatic nitrogens is 2. The average molecular weight is 344 g/mol. The molecule has 16 heavy (non-hydrogen) atoms. The first-order chi connectivity index (χ1) is 7.75. The molecule has 4 heteroatoms. The second-order valence-corrected chi connectivity index (χ2v) is 5.85. The van der Waals surface area contributed by atoms with Crippen molar-refractivity contribution in [1.82, 2.24) is 9.55 Å². The van der Waals surface area contributed by atoms with Crippen LogP contribution in [-0.2, 0) is 18.6 Å². The summed E-state index contributed by atoms with van der Waals surface area (Å²) in [6, 6.07) is 8.69. The number of aryl methyl sites for hydroxylation is 1. The summed E-state index contributed by atoms with van der Waals surface area (Å²) in [5, 5.41) is 0. The molecule has 0 aliphatic carbocycles. The molecule has 0 aliphatic heterocycles. The van der Waals surface area contributed by atoms with Crippen molar-refractivity contribution >= 4 is 34.4 Å². The summed E-state index contributed by atoms with van der Waals surface area (Å²) in [5.74, 6) is 2.07. The third-order valence-electron chi connectivity index (χ3n) is 2.35. The van der Waals surface area contributed by atoms with Crippen molar-refractivity contribution < 1.29 is 0 Å². The van der Waals surface area contributed by atoms with E-state index in [9.17, 15) is 0 Å². The maximum absolute atomic E-state index is 4.11. The van der Waals surface area contributed by atoms with Crippen LogP contribution in [0.15, 0.2) is 36.8 Å². The lowest BCUT2D eigenvalue weighted by atomic mass is 10.2. The largest absolute Gasteiger partial charge is 0.337 e. The van der Waals surface area contributed by atoms with E-state index in [1.807, 2.05) is 31.3 Å². The summed E-state index contributed by atoms with van der Waals surface area (Å²) in [6.07, 6.45) is 3.78. The van der Waals surface area contributed by atoms with Gasteiger partial charge in [0.2, 0.25) is 0 Å². The van der Waals surface area contributed by atoms with Gasteiger partial charge in [0.25, 0.3) is 0 Å². The van der Waals surface area contributed by atoms with Gasteiger partial charge in [0.15, 0.2) is 0 Å². The highest BCUT2D eigenvalue weighted by molar-refractivity contribution is 14.1. The van der Waals surface area contributed by atoms with Crippen LogP contribution in [0.4, 0.5) is 0 Å². The lowest BCUT2D eigenvalue weighted by Gasteiger charge is -2.03. The second-order valence-electron chi connectivity index (χ2n) is 3.62. The summed E-state index contributed by atoms with van der Waals surface area (Å²) >= 11 is 4.25. The summed E-state index contributed by atoms with van der Waals surface area (Å²) < 4.78 is 3.36. The molecule has 84 valence electrons. The minimum Gasteiger partial charge on any atom is -0.337 e. The van der Waals surface area contributed by atoms with Crippen molar-refractivity contribution in [3.8, 4) is 0 Å². The van der Waals surface area contributed by atoms with Gasteiger partial charge in [-0.25, -0.2) is 4.98 Å². The maximum atomic E-state index is 4.11. The highest BCUT2D eigenvalue weighted by Crippen LogP contribution is 2.18. The van der Waals surface area contributed by atoms with Crippen molar-refractivity contribution in [2.24, 2.45) is 7.05 Å². The number of rotatable bonds is 4. The van der Waals surface area contributed by atoms with Crippen molar-refractivity contribution in [3.05, 3.63) is 51.6 Å². The van der Waals surface area contributed by atoms with Crippen LogP contribution >= 0.6 is 34.4 Å². The molecule has 2 rings (SSSR count). The predicted octanol–water partition coefficient (Wildman–Crippen LogP) is 3.46. The molecule has 0 amide bonds. The molecule has 0 N–H and O–H groups in total. The normalized spacial score (nSPS) is 10.6. The van der Waals surface area contributed by atoms with Crippen molar-refractivity contribution in [2.45, 2.75) is 11.5 Å². The van der Waals surface area contributed by atoms with E-state index >= 15 is 0 Å². The fourth-order valence-electron chi connectivity index (χ4n) is 1.38. The van der Waals surface area contributed by atoms with Gasteiger partial charge in [-0.3, -0.25) is 0 Å². The molecule has 0 unspecified atom stereocenters. The van der Waals surface area contributed by atoms with Crippen LogP contribution < -0.4 is 0 Å². The molecule has 0 fully saturated rings. The smallest absolute Gasteiger partial charge is 0.0945 e. The van der Waals surface area contributed by atoms with Crippen molar-refractivity contribution in [2.75, 3.05) is 0 Å². The number of benzene rings is 1. The van der Waals surface area contributed by atoms with Gasteiger partial charge in [-0.2, -0.15) is 11.8 Å². The number of hydrogen-bond donors (Lipinski definition) is 0. The Morgan fingerprint density at radius 3 is 2.62 bits per heavy atom. The van der Waals surface area contributed by atoms with Gasteiger partial charge in [-0.15, -0.1) is 0 Å². The van der Waals surface area contributed by atoms with Crippen LogP contribution in [-0.4, -0.2) is 9.55 Å². The van der Waals surface area contributed by atoms with Gasteiger partial charge >= 0.3 is 0 Å². The Morgan fingerprint density at radius 2 is 2.00 bits per heavy atom. The molecule has 2 aromatic rings. The van der Waals surface area contributed by atoms with E-state index in [1.165, 1.54) is 14.8 Å². The molecule has 1 aromatic heterocycles. The topological polar surface area (TPSA) is 17.8 Å². The summed E-state index contributed by atoms with van der Waals surface area (Å²) in [5.41, 5.74) is 2.66. The highest BCUT2D eigenvalue weighted by Gasteiger charge is 1.99. The van der Waals surface area contributed by atoms with E-state index in [0.717, 1.165) is 11.5 Å². The zero-order valence-electron chi connectivity index (χ0n) is 9.06. The average Bonchev–Trinajstić information content (AvgIpc) is 2.68. The lowest BCUT2D eigenvalue weighted by Crippen LogP contribution is -1.92. The van der Waals surface area contributed by atoms with Gasteiger partial charge in [0, 0.05) is 34.0 Å². The van der Waals surface area contributed by atoms with E-state index in [-0.39, 0.29) is 0 Å². The van der Waals surface area contributed by atoms with E-state index in [2.05, 4.69) is 56.4 Å². The first kappa shape index (κ1) is 12.0. The molecule has 0 aliphatic rings. The molecule has 0 spiro atoms. The fraction of sp³-hybridized carbons (Fsp3) is 0.250. The Bertz CT molecular complexity index is 450. The zero-order chi connectivity index (χ0) is 11.4. The lowest BCUT2D eigenvalue weighted by molar-refractivity contribution is 0.867. The first-order valence-corrected chi connectivity index (χ1v) is 7.26. The molecule has 0 atom stereocenters. The molecule has 0 radical (unpaired) electrons. The Hall–Kier alpha value is -0.490. The molecular formula is C12H13IN2S. The monoisotopic (exact) mass is 344 g/mol. The molecule has 1 heterocycles. The number of thioether (sulfide) groups is 1. The van der Waals surface area contributed by atoms with Crippen LogP contribution in [0.25, 0.3) is 0 Å². The summed E-state index contributed by atoms with van der Waals surface area (Å²) in [7, 11) is 2.04. The van der Waals surface area contributed by atoms with Gasteiger partial charge < -0.3 is 4.57 Å². The minimum atomic E-state index is 1.02. The zero-order valence-corrected chi connectivity index (χ0v) is 12.0. The van der Waals surface area contributed by atoms with Crippen LogP contribution in [0.1, 0.15) is 11.3 Å². The van der Waals surface area contributed by atoms with Crippen LogP contribution in [0.3, 0.4) is 0 Å². The van der Waals surface area contributed by atoms with E-state index in [1.54, 1.807) is 0 Å². The predicted molar refractivity (Wildman–Crippen MR) is 77.4 cm³/mol. The van der Waals surface area contributed by atoms with Crippen LogP contribution in [0.2, 0.25) is 0 Å². The third kappa shape index (κ3) is 3.25. The Kier molecular flexibility index (Phi) is 4.29. The van der Waals surface area contributed by atoms with Gasteiger partial charge in [0.05, 0.1) is 6.33 Å². The highest BCUT2D eigenvalue weighted by atomic mass is 127. The van der Waals surface area contributed by atoms with Gasteiger partial charge in [0.1, 0.15) is 0 Å². The van der Waals surface area contributed by atoms with E-state index in [0.29, 0.717) is 0 Å². The van der Waals surface area contributed by atoms with Gasteiger partial charge in [-0.1, -0.05) is 12.1 Å². The third-order valence-corrected chi connectivity index (χ3v) is 4.10. The van der Waals surface area contributed by atoms with Crippen molar-refractivity contribution in [3.63, 3.8) is 0 Å². The van der Waals surface area contributed by atoms with Gasteiger partial charge in [-0.05, 0) is 40.3 Å². The molecular weight excluding hydrogens is 331 g/mol. The molecule has 0 bridgehead atoms. The standard InChI is InChI=1S/C12H13IN2S/c1-15-9-14-6-12(15)8-16-7-10-2-4-11(13)5-3-10/h2-6,9H,7-8H2,1H3. The number of nitrogens with zero attached hydrogens (tertiary/aromatic N) is 2. The van der Waals surface area contributed by atoms with E-state index in [4.69, 9.17) is 0 Å². The maximum Gasteiger partial charge on any atom is 0.0945 e. The van der Waals surface area contributed by atoms with Crippen molar-refractivity contribution in [1.29, 1.82) is 0 Å². The van der Waals surface area contributed by atoms with E-state index < -0.39 is 0 Å². The second kappa shape index (κ2) is 5.72. The molecule has 0 saturated heterocycles. The van der Waals surface area contributed by atoms with Crippen LogP contribution in [0.5, 0.6) is 0 Å². The molecule has 1 aromatic carbocycles. The first-order valence-electron chi connectivity index (χ1n) is 5.03. The minimum absolute atomic E-state index is 1.02. The Morgan fingerprint density at radius 1 is 1.25 bits per heavy atom. The quantitative estimate of drug-likeness (QED) is 0.791. The number of hydrogen-bond acceptors (Lipinski definition) is 2. The Labute approximate surface area is 114 Å². The van der Waals surface area contributed by atoms with Crippen LogP contribution in [0, 0.1) is 3.57 Å². The summed E-state index contributed by atoms with van der Waals surface area (Å²) in [6.45, 7) is 0. The fourth-order valence-corrected chi connectivity index (χ4v) is 2.75. The number of imidazole rings is 1. The Balaban J connectivity index is 1.84. The SMILES string of the molecule is Cn1cncc1CSCc1ccc(I)cc1. The molecule has 0 saturated carbocycles. The summed E-state index contributed by atoms with van der Waals surface area (Å²) in [4.78, 5) is 4.11.